The van der Waals surface area contributed by atoms with Crippen LogP contribution in [0, 0.1) is 0 Å². The maximum absolute atomic E-state index is 7.10. The van der Waals surface area contributed by atoms with Gasteiger partial charge in [0.25, 0.3) is 0 Å². The lowest BCUT2D eigenvalue weighted by Crippen LogP contribution is -2.06. The highest BCUT2D eigenvalue weighted by Gasteiger charge is 2.29. The molecule has 28 aromatic rings. The van der Waals surface area contributed by atoms with Crippen LogP contribution in [0.15, 0.2) is 427 Å². The molecule has 0 aliphatic heterocycles. The van der Waals surface area contributed by atoms with Crippen molar-refractivity contribution in [2.45, 2.75) is 0 Å². The Labute approximate surface area is 746 Å². The van der Waals surface area contributed by atoms with Crippen LogP contribution in [0.25, 0.3) is 269 Å². The van der Waals surface area contributed by atoms with E-state index >= 15 is 0 Å². The van der Waals surface area contributed by atoms with Gasteiger partial charge in [-0.3, -0.25) is 4.57 Å². The van der Waals surface area contributed by atoms with Crippen molar-refractivity contribution in [1.82, 2.24) is 43.6 Å². The predicted molar refractivity (Wildman–Crippen MR) is 538 cm³/mol. The summed E-state index contributed by atoms with van der Waals surface area (Å²) in [6.07, 6.45) is 0. The van der Waals surface area contributed by atoms with Gasteiger partial charge in [-0.25, -0.2) is 19.9 Å². The third-order valence-electron chi connectivity index (χ3n) is 26.2. The van der Waals surface area contributed by atoms with Gasteiger partial charge in [0.15, 0.2) is 40.3 Å². The van der Waals surface area contributed by atoms with E-state index in [1.807, 2.05) is 30.3 Å². The van der Waals surface area contributed by atoms with Crippen molar-refractivity contribution < 1.29 is 8.83 Å². The zero-order chi connectivity index (χ0) is 85.2. The average molecular weight is 1680 g/mol. The summed E-state index contributed by atoms with van der Waals surface area (Å²) in [4.78, 5) is 32.2. The Hall–Kier alpha value is -17.3. The van der Waals surface area contributed by atoms with Crippen molar-refractivity contribution in [3.05, 3.63) is 419 Å². The molecule has 0 radical (unpaired) electrons. The van der Waals surface area contributed by atoms with E-state index in [9.17, 15) is 0 Å². The van der Waals surface area contributed by atoms with Crippen LogP contribution in [-0.4, -0.2) is 43.6 Å². The minimum atomic E-state index is 0.552. The fourth-order valence-corrected chi connectivity index (χ4v) is 21.4. The van der Waals surface area contributed by atoms with Crippen molar-refractivity contribution in [2.24, 2.45) is 0 Å². The fraction of sp³-hybridized carbons (Fsp3) is 0. The van der Waals surface area contributed by atoms with Crippen molar-refractivity contribution in [3.8, 4) is 96.5 Å². The second-order valence-corrected chi connectivity index (χ2v) is 34.5. The molecule has 20 aromatic carbocycles. The van der Waals surface area contributed by atoms with Gasteiger partial charge in [-0.05, 0) is 157 Å². The minimum absolute atomic E-state index is 0.552. The van der Waals surface area contributed by atoms with Gasteiger partial charge in [-0.2, -0.15) is 9.97 Å². The maximum Gasteiger partial charge on any atom is 0.238 e. The summed E-state index contributed by atoms with van der Waals surface area (Å²) in [6.45, 7) is 0. The van der Waals surface area contributed by atoms with E-state index in [0.717, 1.165) is 154 Å². The molecule has 604 valence electrons. The number of para-hydroxylation sites is 4. The van der Waals surface area contributed by atoms with Crippen molar-refractivity contribution in [1.29, 1.82) is 0 Å². The summed E-state index contributed by atoms with van der Waals surface area (Å²) in [5.41, 5.74) is 20.6. The molecule has 0 atom stereocenters. The Balaban J connectivity index is 0.000000134. The lowest BCUT2D eigenvalue weighted by atomic mass is 10.0. The third kappa shape index (κ3) is 11.5. The van der Waals surface area contributed by atoms with Crippen molar-refractivity contribution in [2.75, 3.05) is 0 Å². The minimum Gasteiger partial charge on any atom is -0.454 e. The first-order valence-corrected chi connectivity index (χ1v) is 44.6. The second-order valence-electron chi connectivity index (χ2n) is 33.5. The molecule has 0 spiro atoms. The number of benzene rings is 20. The molecule has 0 bridgehead atoms. The van der Waals surface area contributed by atoms with Crippen LogP contribution in [-0.2, 0) is 0 Å². The Morgan fingerprint density at radius 2 is 0.646 bits per heavy atom. The lowest BCUT2D eigenvalue weighted by molar-refractivity contribution is 0.666. The number of rotatable bonds is 10. The quantitative estimate of drug-likeness (QED) is 0.133. The van der Waals surface area contributed by atoms with Crippen LogP contribution in [0.4, 0.5) is 0 Å². The highest BCUT2D eigenvalue weighted by molar-refractivity contribution is 7.26. The number of thiophene rings is 1. The zero-order valence-electron chi connectivity index (χ0n) is 69.6. The highest BCUT2D eigenvalue weighted by atomic mass is 32.1. The van der Waals surface area contributed by atoms with Crippen molar-refractivity contribution in [3.63, 3.8) is 0 Å². The highest BCUT2D eigenvalue weighted by Crippen LogP contribution is 2.49. The zero-order valence-corrected chi connectivity index (χ0v) is 70.4. The summed E-state index contributed by atoms with van der Waals surface area (Å²) < 4.78 is 23.5. The summed E-state index contributed by atoms with van der Waals surface area (Å²) >= 11 is 1.78. The number of hydrogen-bond donors (Lipinski definition) is 0. The van der Waals surface area contributed by atoms with Gasteiger partial charge >= 0.3 is 0 Å². The molecule has 28 rings (SSSR count). The monoisotopic (exact) mass is 1680 g/mol. The fourth-order valence-electron chi connectivity index (χ4n) is 20.2. The summed E-state index contributed by atoms with van der Waals surface area (Å²) in [5.74, 6) is 3.49. The SMILES string of the molecule is c1ccc(-c2ccc(-c3nc(-c4cccc(-c5ccccc5)c4)nc(-c4ccc(-n5c6cc7ccccc7cc6c6c7ccccc7ccc65)c5oc6ccccc6c45)n3)cc2)cc1.c1ccc2cc3c(cc2c1)c1ccc2ccccc2c1n3-c1ccc(-c2nc(-c3cccc4c3sc3ccccc34)nc(-n3c4ccccc4c4ccccc43)n2)c2c1oc1ccccc12. The molecule has 0 fully saturated rings. The molecular weight excluding hydrogens is 1610 g/mol. The molecule has 8 heterocycles. The predicted octanol–water partition coefficient (Wildman–Crippen LogP) is 31.5. The van der Waals surface area contributed by atoms with Gasteiger partial charge in [0.2, 0.25) is 5.95 Å². The molecule has 11 nitrogen and oxygen atoms in total. The van der Waals surface area contributed by atoms with Gasteiger partial charge in [0, 0.05) is 107 Å². The van der Waals surface area contributed by atoms with Gasteiger partial charge in [0.1, 0.15) is 11.2 Å². The Morgan fingerprint density at radius 3 is 1.30 bits per heavy atom. The first-order chi connectivity index (χ1) is 64.4. The summed E-state index contributed by atoms with van der Waals surface area (Å²) in [5, 5.41) is 22.9. The molecule has 130 heavy (non-hydrogen) atoms. The van der Waals surface area contributed by atoms with Crippen LogP contribution in [0.1, 0.15) is 0 Å². The van der Waals surface area contributed by atoms with E-state index in [4.69, 9.17) is 38.7 Å². The molecule has 0 unspecified atom stereocenters. The topological polar surface area (TPSA) is 118 Å². The molecule has 8 aromatic heterocycles. The Kier molecular flexibility index (Phi) is 16.4. The first kappa shape index (κ1) is 73.1. The molecule has 12 heteroatoms. The van der Waals surface area contributed by atoms with Crippen LogP contribution >= 0.6 is 11.3 Å². The molecule has 0 saturated carbocycles. The van der Waals surface area contributed by atoms with E-state index in [1.54, 1.807) is 11.3 Å². The first-order valence-electron chi connectivity index (χ1n) is 43.8. The number of fused-ring (bicyclic) bond motifs is 24. The van der Waals surface area contributed by atoms with E-state index < -0.39 is 0 Å². The molecule has 0 aliphatic carbocycles. The van der Waals surface area contributed by atoms with Gasteiger partial charge < -0.3 is 18.0 Å². The van der Waals surface area contributed by atoms with E-state index in [2.05, 4.69) is 402 Å². The Bertz CT molecular complexity index is 9540. The van der Waals surface area contributed by atoms with Gasteiger partial charge in [-0.15, -0.1) is 11.3 Å². The molecular formula is C118H69N9O2S. The van der Waals surface area contributed by atoms with Crippen LogP contribution in [0.2, 0.25) is 0 Å². The molecule has 0 N–H and O–H groups in total. The van der Waals surface area contributed by atoms with Crippen LogP contribution in [0.5, 0.6) is 0 Å². The number of aromatic nitrogens is 9. The Morgan fingerprint density at radius 1 is 0.208 bits per heavy atom. The molecule has 0 aliphatic rings. The van der Waals surface area contributed by atoms with Gasteiger partial charge in [0.05, 0.1) is 44.5 Å². The smallest absolute Gasteiger partial charge is 0.238 e. The average Bonchev–Trinajstić information content (AvgIpc) is 1.57. The second kappa shape index (κ2) is 29.1. The lowest BCUT2D eigenvalue weighted by Gasteiger charge is -2.14. The normalized spacial score (nSPS) is 12.0. The molecule has 0 saturated heterocycles. The summed E-state index contributed by atoms with van der Waals surface area (Å²) in [7, 11) is 0. The third-order valence-corrected chi connectivity index (χ3v) is 27.4. The largest absolute Gasteiger partial charge is 0.454 e. The van der Waals surface area contributed by atoms with E-state index in [-0.39, 0.29) is 0 Å². The number of hydrogen-bond acceptors (Lipinski definition) is 9. The summed E-state index contributed by atoms with van der Waals surface area (Å²) in [6, 6.07) is 148. The van der Waals surface area contributed by atoms with E-state index in [1.165, 1.54) is 80.1 Å². The molecule has 0 amide bonds. The number of furan rings is 2. The van der Waals surface area contributed by atoms with Crippen LogP contribution < -0.4 is 0 Å². The van der Waals surface area contributed by atoms with Gasteiger partial charge in [-0.1, -0.05) is 322 Å². The standard InChI is InChI=1S/C59H33N5OS.C59H36N4O/c1-2-16-36-33-50-46(32-35(36)15-1)41-29-28-34-14-3-4-17-37(34)54(41)63(50)49-31-30-44(53-43-21-7-11-26-51(43)65-55(49)53)57-60-58(45-23-13-22-42-40-20-8-12-27-52(40)66-56(42)45)62-59(61-57)64-47-24-9-5-18-38(47)39-19-6-10-25-48(39)64;1-3-14-37(15-4-1)39-26-28-41(29-27-39)57-60-58(45-22-13-21-42(34-45)38-16-5-2-6-17-38)62-59(61-57)48-31-33-51(56-55(48)47-24-11-12-25-53(47)64-56)63-50-32-30-40-18-9-10-23-46(40)54(50)49-35-43-19-7-8-20-44(43)36-52(49)63/h1-33H;1-36H. The van der Waals surface area contributed by atoms with Crippen molar-refractivity contribution >= 4 is 184 Å². The van der Waals surface area contributed by atoms with Crippen LogP contribution in [0.3, 0.4) is 0 Å². The van der Waals surface area contributed by atoms with E-state index in [0.29, 0.717) is 35.1 Å². The maximum atomic E-state index is 7.10. The number of nitrogens with zero attached hydrogens (tertiary/aromatic N) is 9.